The van der Waals surface area contributed by atoms with Crippen molar-refractivity contribution in [3.05, 3.63) is 46.1 Å². The number of methoxy groups -OCH3 is 3. The van der Waals surface area contributed by atoms with Crippen molar-refractivity contribution >= 4 is 23.6 Å². The second-order valence-electron chi connectivity index (χ2n) is 10.5. The molecule has 41 heavy (non-hydrogen) atoms. The molecule has 0 aromatic carbocycles. The third-order valence-electron chi connectivity index (χ3n) is 7.41. The maximum atomic E-state index is 12.9. The Hall–Kier alpha value is -3.48. The van der Waals surface area contributed by atoms with Gasteiger partial charge in [-0.3, -0.25) is 14.4 Å². The number of nitrogens with one attached hydrogen (secondary N) is 1. The molecule has 12 nitrogen and oxygen atoms in total. The van der Waals surface area contributed by atoms with Crippen LogP contribution in [0.4, 0.5) is 4.79 Å². The van der Waals surface area contributed by atoms with Gasteiger partial charge in [0.05, 0.1) is 25.4 Å². The molecule has 2 bridgehead atoms. The average molecular weight is 579 g/mol. The predicted molar refractivity (Wildman–Crippen MR) is 148 cm³/mol. The molecule has 6 unspecified atom stereocenters. The molecule has 1 aliphatic carbocycles. The van der Waals surface area contributed by atoms with E-state index in [0.29, 0.717) is 24.8 Å². The maximum Gasteiger partial charge on any atom is 0.405 e. The number of hydrogen-bond donors (Lipinski definition) is 4. The first-order valence-corrected chi connectivity index (χ1v) is 13.4. The number of primary amides is 1. The summed E-state index contributed by atoms with van der Waals surface area (Å²) in [5.41, 5.74) is 5.70. The van der Waals surface area contributed by atoms with Gasteiger partial charge in [-0.25, -0.2) is 4.79 Å². The lowest BCUT2D eigenvalue weighted by atomic mass is 9.85. The van der Waals surface area contributed by atoms with Crippen LogP contribution >= 0.6 is 0 Å². The van der Waals surface area contributed by atoms with Crippen molar-refractivity contribution in [3.63, 3.8) is 0 Å². The van der Waals surface area contributed by atoms with Crippen LogP contribution in [0.25, 0.3) is 0 Å². The molecule has 0 saturated heterocycles. The Morgan fingerprint density at radius 2 is 1.68 bits per heavy atom. The van der Waals surface area contributed by atoms with Crippen LogP contribution in [0, 0.1) is 11.8 Å². The molecule has 5 N–H and O–H groups in total. The van der Waals surface area contributed by atoms with Crippen LogP contribution in [0.5, 0.6) is 0 Å². The summed E-state index contributed by atoms with van der Waals surface area (Å²) in [5, 5.41) is 24.6. The summed E-state index contributed by atoms with van der Waals surface area (Å²) in [7, 11) is 4.13. The fraction of sp³-hybridized carbons (Fsp3) is 0.586. The highest BCUT2D eigenvalue weighted by Gasteiger charge is 2.38. The monoisotopic (exact) mass is 578 g/mol. The van der Waals surface area contributed by atoms with Gasteiger partial charge >= 0.3 is 6.09 Å². The van der Waals surface area contributed by atoms with Crippen molar-refractivity contribution in [1.82, 2.24) is 5.32 Å². The number of aliphatic hydroxyl groups excluding tert-OH is 2. The smallest absolute Gasteiger partial charge is 0.405 e. The Morgan fingerprint density at radius 1 is 1.05 bits per heavy atom. The molecule has 0 aromatic heterocycles. The lowest BCUT2D eigenvalue weighted by molar-refractivity contribution is -0.135. The first-order valence-electron chi connectivity index (χ1n) is 13.4. The fourth-order valence-corrected chi connectivity index (χ4v) is 5.14. The summed E-state index contributed by atoms with van der Waals surface area (Å²) in [4.78, 5) is 50.3. The number of allylic oxidation sites excluding steroid dienone is 4. The lowest BCUT2D eigenvalue weighted by Gasteiger charge is -2.30. The Morgan fingerprint density at radius 3 is 2.24 bits per heavy atom. The van der Waals surface area contributed by atoms with E-state index in [0.717, 1.165) is 0 Å². The first kappa shape index (κ1) is 33.7. The van der Waals surface area contributed by atoms with Gasteiger partial charge in [-0.15, -0.1) is 0 Å². The molecule has 0 saturated carbocycles. The molecule has 0 spiro atoms. The van der Waals surface area contributed by atoms with Crippen LogP contribution in [0.15, 0.2) is 46.1 Å². The topological polar surface area (TPSA) is 184 Å². The molecule has 2 aliphatic rings. The van der Waals surface area contributed by atoms with Crippen molar-refractivity contribution in [2.45, 2.75) is 77.8 Å². The third-order valence-corrected chi connectivity index (χ3v) is 7.41. The van der Waals surface area contributed by atoms with Gasteiger partial charge in [0, 0.05) is 31.3 Å². The van der Waals surface area contributed by atoms with Gasteiger partial charge in [-0.2, -0.15) is 0 Å². The molecule has 0 aromatic rings. The summed E-state index contributed by atoms with van der Waals surface area (Å²) >= 11 is 0. The first-order chi connectivity index (χ1) is 19.3. The molecule has 1 heterocycles. The van der Waals surface area contributed by atoms with E-state index in [2.05, 4.69) is 5.32 Å². The normalized spacial score (nSPS) is 29.5. The largest absolute Gasteiger partial charge is 0.505 e. The highest BCUT2D eigenvalue weighted by Crippen LogP contribution is 2.32. The number of hydrogen-bond acceptors (Lipinski definition) is 10. The number of fused-ring (bicyclic) bond motifs is 1. The van der Waals surface area contributed by atoms with Gasteiger partial charge in [0.25, 0.3) is 17.5 Å². The average Bonchev–Trinajstić information content (AvgIpc) is 2.92. The number of nitrogens with two attached hydrogens (primary N) is 1. The molecule has 228 valence electrons. The van der Waals surface area contributed by atoms with Gasteiger partial charge in [-0.1, -0.05) is 26.0 Å². The van der Waals surface area contributed by atoms with Crippen LogP contribution in [-0.2, 0) is 33.3 Å². The number of Topliss-reactive ketones (excluding diaryl/α,β-unsaturated/α-hetero) is 2. The molecule has 0 fully saturated rings. The lowest BCUT2D eigenvalue weighted by Crippen LogP contribution is -2.38. The number of ketones is 2. The van der Waals surface area contributed by atoms with E-state index >= 15 is 0 Å². The molecule has 1 aliphatic heterocycles. The molecule has 0 radical (unpaired) electrons. The molecular weight excluding hydrogens is 536 g/mol. The number of aliphatic hydroxyl groups is 2. The molecule has 2 rings (SSSR count). The number of rotatable bonds is 4. The Bertz CT molecular complexity index is 1150. The second-order valence-corrected chi connectivity index (χ2v) is 10.5. The van der Waals surface area contributed by atoms with E-state index in [-0.39, 0.29) is 29.2 Å². The zero-order chi connectivity index (χ0) is 31.0. The van der Waals surface area contributed by atoms with Crippen LogP contribution in [0.3, 0.4) is 0 Å². The highest BCUT2D eigenvalue weighted by atomic mass is 16.6. The van der Waals surface area contributed by atoms with Gasteiger partial charge < -0.3 is 40.2 Å². The molecule has 6 atom stereocenters. The van der Waals surface area contributed by atoms with Crippen LogP contribution in [0.1, 0.15) is 53.4 Å². The summed E-state index contributed by atoms with van der Waals surface area (Å²) in [6, 6.07) is 0. The minimum atomic E-state index is -1.10. The third kappa shape index (κ3) is 8.27. The van der Waals surface area contributed by atoms with Gasteiger partial charge in [0.1, 0.15) is 11.5 Å². The van der Waals surface area contributed by atoms with E-state index in [1.165, 1.54) is 28.3 Å². The quantitative estimate of drug-likeness (QED) is 0.220. The Labute approximate surface area is 240 Å². The van der Waals surface area contributed by atoms with Crippen molar-refractivity contribution in [2.24, 2.45) is 17.6 Å². The van der Waals surface area contributed by atoms with E-state index < -0.39 is 65.4 Å². The van der Waals surface area contributed by atoms with Crippen molar-refractivity contribution in [2.75, 3.05) is 21.3 Å². The zero-order valence-electron chi connectivity index (χ0n) is 24.7. The van der Waals surface area contributed by atoms with Crippen molar-refractivity contribution in [3.8, 4) is 0 Å². The minimum absolute atomic E-state index is 0.0713. The molecule has 12 heteroatoms. The van der Waals surface area contributed by atoms with E-state index in [1.807, 2.05) is 6.92 Å². The zero-order valence-corrected chi connectivity index (χ0v) is 24.7. The Kier molecular flexibility index (Phi) is 12.3. The van der Waals surface area contributed by atoms with E-state index in [9.17, 15) is 29.4 Å². The molecular formula is C29H42N2O10. The van der Waals surface area contributed by atoms with E-state index in [1.54, 1.807) is 26.0 Å². The molecule has 2 amide bonds. The van der Waals surface area contributed by atoms with E-state index in [4.69, 9.17) is 24.7 Å². The SMILES string of the molecule is COC1=C2CC(C)CC(OC)C(O)C(C)C=C(C)C(OC(N)=O)C(OC)CCC=C(C)C(=O)NC(=C2O)C(=O)C1=O. The number of carbonyl (C=O) groups is 4. The van der Waals surface area contributed by atoms with Crippen molar-refractivity contribution < 1.29 is 48.3 Å². The van der Waals surface area contributed by atoms with Crippen molar-refractivity contribution in [1.29, 1.82) is 0 Å². The van der Waals surface area contributed by atoms with Gasteiger partial charge in [0.2, 0.25) is 0 Å². The summed E-state index contributed by atoms with van der Waals surface area (Å²) in [6.45, 7) is 6.87. The summed E-state index contributed by atoms with van der Waals surface area (Å²) < 4.78 is 21.8. The number of carbonyl (C=O) groups excluding carboxylic acids is 4. The predicted octanol–water partition coefficient (Wildman–Crippen LogP) is 2.52. The van der Waals surface area contributed by atoms with Crippen LogP contribution < -0.4 is 11.1 Å². The summed E-state index contributed by atoms with van der Waals surface area (Å²) in [6.07, 6.45) is 0.235. The van der Waals surface area contributed by atoms with Crippen LogP contribution in [-0.4, -0.2) is 79.5 Å². The van der Waals surface area contributed by atoms with Gasteiger partial charge in [0.15, 0.2) is 11.9 Å². The summed E-state index contributed by atoms with van der Waals surface area (Å²) in [5.74, 6) is -4.36. The minimum Gasteiger partial charge on any atom is -0.505 e. The fourth-order valence-electron chi connectivity index (χ4n) is 5.14. The van der Waals surface area contributed by atoms with Crippen LogP contribution in [0.2, 0.25) is 0 Å². The standard InChI is InChI=1S/C29H42N2O10/c1-14-11-18-23(33)21(24(34)25(35)27(18)40-7)31-28(36)15(2)9-8-10-19(38-5)26(41-29(30)37)17(4)13-16(3)22(32)20(12-14)39-6/h9,13-14,16,19-20,22,26,32-33H,8,10-12H2,1-7H3,(H2,30,37)(H,31,36). The van der Waals surface area contributed by atoms with Gasteiger partial charge in [-0.05, 0) is 51.0 Å². The number of amides is 2. The number of ether oxygens (including phenoxy) is 4. The second kappa shape index (κ2) is 14.9. The Balaban J connectivity index is 2.61. The maximum absolute atomic E-state index is 12.9. The highest BCUT2D eigenvalue weighted by molar-refractivity contribution is 6.50.